The lowest BCUT2D eigenvalue weighted by molar-refractivity contribution is -0.124. The quantitative estimate of drug-likeness (QED) is 0.790. The van der Waals surface area contributed by atoms with E-state index in [1.165, 1.54) is 0 Å². The van der Waals surface area contributed by atoms with Crippen LogP contribution in [0.15, 0.2) is 24.3 Å². The molecule has 0 saturated heterocycles. The van der Waals surface area contributed by atoms with E-state index in [0.717, 1.165) is 0 Å². The van der Waals surface area contributed by atoms with Crippen molar-refractivity contribution in [2.75, 3.05) is 13.2 Å². The van der Waals surface area contributed by atoms with E-state index >= 15 is 0 Å². The van der Waals surface area contributed by atoms with Gasteiger partial charge in [-0.05, 0) is 24.5 Å². The predicted molar refractivity (Wildman–Crippen MR) is 75.1 cm³/mol. The fourth-order valence-electron chi connectivity index (χ4n) is 1.85. The van der Waals surface area contributed by atoms with Gasteiger partial charge in [-0.25, -0.2) is 0 Å². The number of carbonyl (C=O) groups excluding carboxylic acids is 1. The van der Waals surface area contributed by atoms with Crippen molar-refractivity contribution < 1.29 is 14.6 Å². The van der Waals surface area contributed by atoms with Gasteiger partial charge in [0.15, 0.2) is 6.61 Å². The molecule has 0 bridgehead atoms. The third-order valence-electron chi connectivity index (χ3n) is 2.71. The van der Waals surface area contributed by atoms with Gasteiger partial charge in [-0.3, -0.25) is 4.79 Å². The van der Waals surface area contributed by atoms with E-state index in [0.29, 0.717) is 23.7 Å². The third-order valence-corrected chi connectivity index (χ3v) is 2.71. The zero-order valence-electron chi connectivity index (χ0n) is 11.8. The molecule has 1 atom stereocenters. The summed E-state index contributed by atoms with van der Waals surface area (Å²) in [6.45, 7) is 3.77. The first kappa shape index (κ1) is 16.0. The van der Waals surface area contributed by atoms with Crippen LogP contribution in [-0.4, -0.2) is 30.3 Å². The molecule has 2 N–H and O–H groups in total. The number of amides is 1. The summed E-state index contributed by atoms with van der Waals surface area (Å²) < 4.78 is 5.32. The Labute approximate surface area is 119 Å². The maximum atomic E-state index is 11.7. The van der Waals surface area contributed by atoms with E-state index < -0.39 is 0 Å². The zero-order valence-corrected chi connectivity index (χ0v) is 11.8. The van der Waals surface area contributed by atoms with E-state index in [1.807, 2.05) is 19.9 Å². The summed E-state index contributed by atoms with van der Waals surface area (Å²) in [7, 11) is 0. The summed E-state index contributed by atoms with van der Waals surface area (Å²) in [4.78, 5) is 11.7. The third kappa shape index (κ3) is 5.29. The average molecular weight is 276 g/mol. The molecule has 0 aliphatic carbocycles. The van der Waals surface area contributed by atoms with Crippen molar-refractivity contribution in [3.63, 3.8) is 0 Å². The van der Waals surface area contributed by atoms with Crippen LogP contribution in [0.4, 0.5) is 0 Å². The Kier molecular flexibility index (Phi) is 6.54. The van der Waals surface area contributed by atoms with Gasteiger partial charge in [0.05, 0.1) is 18.2 Å². The van der Waals surface area contributed by atoms with Gasteiger partial charge in [0.1, 0.15) is 11.8 Å². The summed E-state index contributed by atoms with van der Waals surface area (Å²) in [6, 6.07) is 8.48. The molecule has 108 valence electrons. The van der Waals surface area contributed by atoms with Crippen molar-refractivity contribution in [1.82, 2.24) is 5.32 Å². The average Bonchev–Trinajstić information content (AvgIpc) is 2.44. The Morgan fingerprint density at radius 1 is 1.45 bits per heavy atom. The number of carbonyl (C=O) groups is 1. The van der Waals surface area contributed by atoms with Crippen LogP contribution in [0.2, 0.25) is 0 Å². The monoisotopic (exact) mass is 276 g/mol. The van der Waals surface area contributed by atoms with Crippen molar-refractivity contribution in [3.8, 4) is 11.8 Å². The molecule has 1 amide bonds. The first-order valence-corrected chi connectivity index (χ1v) is 6.59. The van der Waals surface area contributed by atoms with Gasteiger partial charge in [-0.15, -0.1) is 0 Å². The molecule has 5 heteroatoms. The van der Waals surface area contributed by atoms with Gasteiger partial charge >= 0.3 is 0 Å². The molecule has 0 radical (unpaired) electrons. The number of nitriles is 1. The maximum absolute atomic E-state index is 11.7. The minimum atomic E-state index is -0.308. The Morgan fingerprint density at radius 3 is 2.75 bits per heavy atom. The second-order valence-corrected chi connectivity index (χ2v) is 4.97. The molecule has 5 nitrogen and oxygen atoms in total. The Morgan fingerprint density at radius 2 is 2.15 bits per heavy atom. The SMILES string of the molecule is CC(C)CC(CO)NC(=O)COc1ccccc1C#N. The molecule has 0 aliphatic rings. The summed E-state index contributed by atoms with van der Waals surface area (Å²) in [5.74, 6) is 0.458. The van der Waals surface area contributed by atoms with Gasteiger partial charge in [0, 0.05) is 0 Å². The molecular formula is C15H20N2O3. The number of rotatable bonds is 7. The molecular weight excluding hydrogens is 256 g/mol. The van der Waals surface area contributed by atoms with Crippen LogP contribution >= 0.6 is 0 Å². The molecule has 0 fully saturated rings. The number of aliphatic hydroxyl groups is 1. The van der Waals surface area contributed by atoms with E-state index in [9.17, 15) is 9.90 Å². The summed E-state index contributed by atoms with van der Waals surface area (Å²) >= 11 is 0. The Bertz CT molecular complexity index is 480. The van der Waals surface area contributed by atoms with Gasteiger partial charge < -0.3 is 15.2 Å². The molecule has 1 aromatic carbocycles. The van der Waals surface area contributed by atoms with Crippen LogP contribution in [0.1, 0.15) is 25.8 Å². The highest BCUT2D eigenvalue weighted by Gasteiger charge is 2.13. The number of hydrogen-bond acceptors (Lipinski definition) is 4. The molecule has 1 aromatic rings. The van der Waals surface area contributed by atoms with Crippen LogP contribution in [0.3, 0.4) is 0 Å². The Hall–Kier alpha value is -2.06. The largest absolute Gasteiger partial charge is 0.482 e. The van der Waals surface area contributed by atoms with Crippen molar-refractivity contribution in [3.05, 3.63) is 29.8 Å². The highest BCUT2D eigenvalue weighted by atomic mass is 16.5. The second kappa shape index (κ2) is 8.18. The fraction of sp³-hybridized carbons (Fsp3) is 0.467. The number of nitrogens with one attached hydrogen (secondary N) is 1. The number of ether oxygens (including phenoxy) is 1. The number of hydrogen-bond donors (Lipinski definition) is 2. The lowest BCUT2D eigenvalue weighted by atomic mass is 10.0. The van der Waals surface area contributed by atoms with Crippen molar-refractivity contribution in [2.24, 2.45) is 5.92 Å². The molecule has 0 spiro atoms. The first-order valence-electron chi connectivity index (χ1n) is 6.59. The smallest absolute Gasteiger partial charge is 0.258 e. The van der Waals surface area contributed by atoms with Gasteiger partial charge in [-0.1, -0.05) is 26.0 Å². The molecule has 0 saturated carbocycles. The van der Waals surface area contributed by atoms with Crippen molar-refractivity contribution >= 4 is 5.91 Å². The topological polar surface area (TPSA) is 82.3 Å². The number of benzene rings is 1. The van der Waals surface area contributed by atoms with Gasteiger partial charge in [0.2, 0.25) is 0 Å². The maximum Gasteiger partial charge on any atom is 0.258 e. The lowest BCUT2D eigenvalue weighted by Crippen LogP contribution is -2.40. The predicted octanol–water partition coefficient (Wildman–Crippen LogP) is 1.46. The number of nitrogens with zero attached hydrogens (tertiary/aromatic N) is 1. The standard InChI is InChI=1S/C15H20N2O3/c1-11(2)7-13(9-18)17-15(19)10-20-14-6-4-3-5-12(14)8-16/h3-6,11,13,18H,7,9-10H2,1-2H3,(H,17,19). The zero-order chi connectivity index (χ0) is 15.0. The second-order valence-electron chi connectivity index (χ2n) is 4.97. The summed E-state index contributed by atoms with van der Waals surface area (Å²) in [5, 5.41) is 20.8. The van der Waals surface area contributed by atoms with Crippen molar-refractivity contribution in [1.29, 1.82) is 5.26 Å². The van der Waals surface area contributed by atoms with Crippen LogP contribution in [0.5, 0.6) is 5.75 Å². The lowest BCUT2D eigenvalue weighted by Gasteiger charge is -2.18. The molecule has 1 rings (SSSR count). The molecule has 0 heterocycles. The molecule has 0 aromatic heterocycles. The number of aliphatic hydroxyl groups excluding tert-OH is 1. The van der Waals surface area contributed by atoms with E-state index in [4.69, 9.17) is 10.00 Å². The highest BCUT2D eigenvalue weighted by Crippen LogP contribution is 2.16. The van der Waals surface area contributed by atoms with E-state index in [1.54, 1.807) is 24.3 Å². The Balaban J connectivity index is 2.49. The summed E-state index contributed by atoms with van der Waals surface area (Å²) in [6.07, 6.45) is 0.705. The highest BCUT2D eigenvalue weighted by molar-refractivity contribution is 5.77. The molecule has 0 aliphatic heterocycles. The van der Waals surface area contributed by atoms with Gasteiger partial charge in [0.25, 0.3) is 5.91 Å². The number of para-hydroxylation sites is 1. The minimum Gasteiger partial charge on any atom is -0.482 e. The van der Waals surface area contributed by atoms with Crippen molar-refractivity contribution in [2.45, 2.75) is 26.3 Å². The fourth-order valence-corrected chi connectivity index (χ4v) is 1.85. The first-order chi connectivity index (χ1) is 9.56. The van der Waals surface area contributed by atoms with Crippen LogP contribution in [0.25, 0.3) is 0 Å². The van der Waals surface area contributed by atoms with E-state index in [-0.39, 0.29) is 25.2 Å². The molecule has 20 heavy (non-hydrogen) atoms. The van der Waals surface area contributed by atoms with Crippen LogP contribution in [-0.2, 0) is 4.79 Å². The van der Waals surface area contributed by atoms with Crippen LogP contribution < -0.4 is 10.1 Å². The van der Waals surface area contributed by atoms with E-state index in [2.05, 4.69) is 5.32 Å². The summed E-state index contributed by atoms with van der Waals surface area (Å²) in [5.41, 5.74) is 0.390. The molecule has 1 unspecified atom stereocenters. The normalized spacial score (nSPS) is 11.8. The van der Waals surface area contributed by atoms with Gasteiger partial charge in [-0.2, -0.15) is 5.26 Å². The van der Waals surface area contributed by atoms with Crippen LogP contribution in [0, 0.1) is 17.2 Å². The minimum absolute atomic E-state index is 0.0985.